The van der Waals surface area contributed by atoms with E-state index in [4.69, 9.17) is 22.2 Å². The lowest BCUT2D eigenvalue weighted by Crippen LogP contribution is -2.38. The van der Waals surface area contributed by atoms with Gasteiger partial charge in [-0.05, 0) is 43.9 Å². The molecule has 0 spiro atoms. The summed E-state index contributed by atoms with van der Waals surface area (Å²) in [6.07, 6.45) is 0. The summed E-state index contributed by atoms with van der Waals surface area (Å²) in [6.45, 7) is 12.8. The highest BCUT2D eigenvalue weighted by Gasteiger charge is 2.51. The van der Waals surface area contributed by atoms with Gasteiger partial charge in [0.05, 0.1) is 0 Å². The molecule has 0 aromatic carbocycles. The van der Waals surface area contributed by atoms with E-state index in [-0.39, 0.29) is 10.6 Å². The van der Waals surface area contributed by atoms with Crippen molar-refractivity contribution >= 4 is 28.9 Å². The molecule has 1 rings (SSSR count). The summed E-state index contributed by atoms with van der Waals surface area (Å²) in [5, 5.41) is -0.00576. The monoisotopic (exact) mass is 276 g/mol. The quantitative estimate of drug-likeness (QED) is 0.422. The SMILES string of the molecule is CC1=C(C)C([Si](Cl)(Cl)C(C)(C)C)C(C)=C1C. The molecule has 0 bridgehead atoms. The molecule has 0 unspecified atom stereocenters. The summed E-state index contributed by atoms with van der Waals surface area (Å²) in [5.41, 5.74) is 5.80. The average molecular weight is 277 g/mol. The second-order valence-electron chi connectivity index (χ2n) is 5.92. The van der Waals surface area contributed by atoms with Gasteiger partial charge in [-0.15, -0.1) is 22.2 Å². The van der Waals surface area contributed by atoms with Crippen LogP contribution in [0.15, 0.2) is 22.3 Å². The van der Waals surface area contributed by atoms with E-state index in [1.54, 1.807) is 0 Å². The highest BCUT2D eigenvalue weighted by molar-refractivity contribution is 7.47. The van der Waals surface area contributed by atoms with Crippen molar-refractivity contribution in [1.82, 2.24) is 0 Å². The predicted octanol–water partition coefficient (Wildman–Crippen LogP) is 5.76. The minimum atomic E-state index is -2.35. The van der Waals surface area contributed by atoms with Gasteiger partial charge in [-0.1, -0.05) is 31.9 Å². The van der Waals surface area contributed by atoms with Gasteiger partial charge in [0.2, 0.25) is 0 Å². The van der Waals surface area contributed by atoms with Crippen molar-refractivity contribution < 1.29 is 0 Å². The molecule has 1 aliphatic carbocycles. The Balaban J connectivity index is 3.28. The van der Waals surface area contributed by atoms with Crippen molar-refractivity contribution in [3.63, 3.8) is 0 Å². The summed E-state index contributed by atoms with van der Waals surface area (Å²) in [7, 11) is 0. The van der Waals surface area contributed by atoms with Crippen molar-refractivity contribution in [1.29, 1.82) is 0 Å². The number of hydrogen-bond donors (Lipinski definition) is 0. The lowest BCUT2D eigenvalue weighted by Gasteiger charge is -2.38. The smallest absolute Gasteiger partial charge is 0.144 e. The zero-order chi connectivity index (χ0) is 12.9. The third kappa shape index (κ3) is 2.02. The zero-order valence-corrected chi connectivity index (χ0v) is 13.8. The molecule has 0 aromatic heterocycles. The van der Waals surface area contributed by atoms with Gasteiger partial charge in [0.25, 0.3) is 6.69 Å². The fraction of sp³-hybridized carbons (Fsp3) is 0.692. The van der Waals surface area contributed by atoms with Gasteiger partial charge in [-0.3, -0.25) is 0 Å². The molecule has 0 aliphatic heterocycles. The lowest BCUT2D eigenvalue weighted by molar-refractivity contribution is 0.729. The largest absolute Gasteiger partial charge is 0.267 e. The van der Waals surface area contributed by atoms with Crippen LogP contribution in [-0.2, 0) is 0 Å². The maximum atomic E-state index is 6.77. The van der Waals surface area contributed by atoms with Crippen LogP contribution >= 0.6 is 22.2 Å². The molecule has 3 heteroatoms. The third-order valence-electron chi connectivity index (χ3n) is 3.97. The van der Waals surface area contributed by atoms with Crippen molar-refractivity contribution in [3.8, 4) is 0 Å². The molecule has 0 N–H and O–H groups in total. The van der Waals surface area contributed by atoms with E-state index in [9.17, 15) is 0 Å². The zero-order valence-electron chi connectivity index (χ0n) is 11.3. The van der Waals surface area contributed by atoms with Crippen molar-refractivity contribution in [2.75, 3.05) is 0 Å². The number of rotatable bonds is 1. The van der Waals surface area contributed by atoms with Crippen LogP contribution in [0.3, 0.4) is 0 Å². The van der Waals surface area contributed by atoms with Crippen LogP contribution in [0.5, 0.6) is 0 Å². The molecule has 0 aromatic rings. The Labute approximate surface area is 110 Å². The van der Waals surface area contributed by atoms with Crippen LogP contribution in [0.4, 0.5) is 0 Å². The van der Waals surface area contributed by atoms with E-state index in [1.807, 2.05) is 0 Å². The Hall–Kier alpha value is 0.277. The van der Waals surface area contributed by atoms with Gasteiger partial charge in [0.15, 0.2) is 0 Å². The maximum absolute atomic E-state index is 6.77. The van der Waals surface area contributed by atoms with E-state index in [1.165, 1.54) is 22.3 Å². The summed E-state index contributed by atoms with van der Waals surface area (Å²) >= 11 is 13.5. The highest BCUT2D eigenvalue weighted by Crippen LogP contribution is 2.58. The minimum Gasteiger partial charge on any atom is -0.144 e. The van der Waals surface area contributed by atoms with E-state index in [0.29, 0.717) is 0 Å². The third-order valence-corrected chi connectivity index (χ3v) is 12.3. The van der Waals surface area contributed by atoms with Gasteiger partial charge in [-0.2, -0.15) is 0 Å². The first-order valence-electron chi connectivity index (χ1n) is 5.74. The molecule has 92 valence electrons. The number of hydrogen-bond acceptors (Lipinski definition) is 0. The Morgan fingerprint density at radius 1 is 0.875 bits per heavy atom. The van der Waals surface area contributed by atoms with Crippen LogP contribution in [0.2, 0.25) is 10.6 Å². The Bertz CT molecular complexity index is 346. The van der Waals surface area contributed by atoms with Gasteiger partial charge >= 0.3 is 0 Å². The molecule has 0 amide bonds. The average Bonchev–Trinajstić information content (AvgIpc) is 2.29. The standard InChI is InChI=1S/C13H22Cl2Si/c1-8-9(2)11(4)12(10(8)3)16(14,15)13(5,6)7/h12H,1-7H3. The number of halogens is 2. The number of allylic oxidation sites excluding steroid dienone is 4. The minimum absolute atomic E-state index is 0.00576. The topological polar surface area (TPSA) is 0 Å². The Morgan fingerprint density at radius 2 is 1.19 bits per heavy atom. The van der Waals surface area contributed by atoms with Crippen LogP contribution in [0.25, 0.3) is 0 Å². The summed E-state index contributed by atoms with van der Waals surface area (Å²) in [6, 6.07) is 0. The van der Waals surface area contributed by atoms with Crippen molar-refractivity contribution in [3.05, 3.63) is 22.3 Å². The molecule has 0 atom stereocenters. The first-order chi connectivity index (χ1) is 7.01. The van der Waals surface area contributed by atoms with Crippen molar-refractivity contribution in [2.24, 2.45) is 0 Å². The van der Waals surface area contributed by atoms with E-state index in [2.05, 4.69) is 48.5 Å². The summed E-state index contributed by atoms with van der Waals surface area (Å²) in [4.78, 5) is 0. The molecule has 0 fully saturated rings. The van der Waals surface area contributed by atoms with E-state index in [0.717, 1.165) is 0 Å². The van der Waals surface area contributed by atoms with E-state index >= 15 is 0 Å². The molecular weight excluding hydrogens is 255 g/mol. The van der Waals surface area contributed by atoms with Gasteiger partial charge in [0.1, 0.15) is 0 Å². The Morgan fingerprint density at radius 3 is 1.44 bits per heavy atom. The normalized spacial score (nSPS) is 20.1. The lowest BCUT2D eigenvalue weighted by atomic mass is 10.1. The Kier molecular flexibility index (Phi) is 3.75. The molecule has 1 aliphatic rings. The molecule has 0 saturated heterocycles. The molecule has 0 nitrogen and oxygen atoms in total. The first-order valence-corrected chi connectivity index (χ1v) is 9.85. The second kappa shape index (κ2) is 4.19. The maximum Gasteiger partial charge on any atom is 0.267 e. The molecule has 0 saturated carbocycles. The fourth-order valence-corrected chi connectivity index (χ4v) is 6.68. The molecular formula is C13H22Cl2Si. The van der Waals surface area contributed by atoms with Gasteiger partial charge in [0, 0.05) is 5.54 Å². The van der Waals surface area contributed by atoms with Crippen molar-refractivity contribution in [2.45, 2.75) is 59.0 Å². The van der Waals surface area contributed by atoms with Crippen LogP contribution in [0.1, 0.15) is 48.5 Å². The first kappa shape index (κ1) is 14.3. The van der Waals surface area contributed by atoms with Gasteiger partial charge in [-0.25, -0.2) is 0 Å². The van der Waals surface area contributed by atoms with E-state index < -0.39 is 6.69 Å². The van der Waals surface area contributed by atoms with Crippen LogP contribution < -0.4 is 0 Å². The molecule has 0 heterocycles. The highest BCUT2D eigenvalue weighted by atomic mass is 35.7. The van der Waals surface area contributed by atoms with Gasteiger partial charge < -0.3 is 0 Å². The molecule has 16 heavy (non-hydrogen) atoms. The fourth-order valence-electron chi connectivity index (χ4n) is 2.33. The molecule has 0 radical (unpaired) electrons. The summed E-state index contributed by atoms with van der Waals surface area (Å²) < 4.78 is 0. The second-order valence-corrected chi connectivity index (χ2v) is 13.4. The predicted molar refractivity (Wildman–Crippen MR) is 77.7 cm³/mol. The van der Waals surface area contributed by atoms with Crippen LogP contribution in [0, 0.1) is 0 Å². The van der Waals surface area contributed by atoms with Crippen LogP contribution in [-0.4, -0.2) is 6.69 Å². The summed E-state index contributed by atoms with van der Waals surface area (Å²) in [5.74, 6) is 0.